The summed E-state index contributed by atoms with van der Waals surface area (Å²) in [6.45, 7) is 3.47. The number of benzene rings is 3. The Kier molecular flexibility index (Phi) is 10.3. The van der Waals surface area contributed by atoms with Crippen molar-refractivity contribution in [3.05, 3.63) is 96.4 Å². The molecule has 0 spiro atoms. The molecule has 2 fully saturated rings. The number of rotatable bonds is 10. The average molecular weight is 724 g/mol. The number of fused-ring (bicyclic) bond motifs is 2. The van der Waals surface area contributed by atoms with E-state index in [0.29, 0.717) is 68.2 Å². The third-order valence-electron chi connectivity index (χ3n) is 8.49. The van der Waals surface area contributed by atoms with E-state index in [1.54, 1.807) is 19.1 Å². The van der Waals surface area contributed by atoms with E-state index in [1.165, 1.54) is 6.07 Å². The summed E-state index contributed by atoms with van der Waals surface area (Å²) in [7, 11) is 0. The van der Waals surface area contributed by atoms with Gasteiger partial charge in [0, 0.05) is 50.3 Å². The van der Waals surface area contributed by atoms with E-state index < -0.39 is 0 Å². The molecule has 2 atom stereocenters. The van der Waals surface area contributed by atoms with E-state index >= 15 is 0 Å². The highest BCUT2D eigenvalue weighted by molar-refractivity contribution is 6.43. The Labute approximate surface area is 293 Å². The number of carbonyl (C=O) groups excluding carboxylic acids is 2. The molecular formula is C34H32Cl5N3O4. The molecule has 2 amide bonds. The number of carbonyl (C=O) groups is 2. The smallest absolute Gasteiger partial charge is 0.252 e. The molecule has 242 valence electrons. The molecule has 3 aromatic rings. The minimum Gasteiger partial charge on any atom is -0.490 e. The second kappa shape index (κ2) is 14.2. The maximum absolute atomic E-state index is 14.5. The maximum atomic E-state index is 14.5. The predicted molar refractivity (Wildman–Crippen MR) is 183 cm³/mol. The lowest BCUT2D eigenvalue weighted by Gasteiger charge is -2.44. The fourth-order valence-electron chi connectivity index (χ4n) is 6.06. The van der Waals surface area contributed by atoms with Crippen LogP contribution in [0.1, 0.15) is 37.3 Å². The van der Waals surface area contributed by atoms with Gasteiger partial charge in [0.1, 0.15) is 24.7 Å². The number of piperazine rings is 1. The molecule has 3 aliphatic rings. The molecule has 6 rings (SSSR count). The minimum atomic E-state index is -0.295. The highest BCUT2D eigenvalue weighted by Gasteiger charge is 2.43. The van der Waals surface area contributed by atoms with Crippen LogP contribution in [0.2, 0.25) is 25.1 Å². The maximum Gasteiger partial charge on any atom is 0.252 e. The summed E-state index contributed by atoms with van der Waals surface area (Å²) in [6.07, 6.45) is 2.47. The van der Waals surface area contributed by atoms with Gasteiger partial charge in [-0.15, -0.1) is 0 Å². The molecule has 1 saturated carbocycles. The SMILES string of the molecule is CC(=O)N1CC2CC(c3ccc(OCCOc4cc(Cl)c(Cl)cc4Cl)cc3)=C(C(=O)N(Cc3cccc(Cl)c3Cl)C3CC3)C(C1)N2. The molecule has 3 aromatic carbocycles. The van der Waals surface area contributed by atoms with Crippen LogP contribution in [-0.4, -0.2) is 66.0 Å². The lowest BCUT2D eigenvalue weighted by Crippen LogP contribution is -2.61. The summed E-state index contributed by atoms with van der Waals surface area (Å²) in [5.74, 6) is 1.04. The molecular weight excluding hydrogens is 692 g/mol. The van der Waals surface area contributed by atoms with Crippen LogP contribution in [-0.2, 0) is 16.1 Å². The second-order valence-corrected chi connectivity index (χ2v) is 13.7. The van der Waals surface area contributed by atoms with Gasteiger partial charge in [0.25, 0.3) is 5.91 Å². The number of halogens is 5. The van der Waals surface area contributed by atoms with E-state index in [0.717, 1.165) is 29.5 Å². The van der Waals surface area contributed by atoms with E-state index in [4.69, 9.17) is 67.5 Å². The second-order valence-electron chi connectivity index (χ2n) is 11.7. The first-order valence-electron chi connectivity index (χ1n) is 15.1. The summed E-state index contributed by atoms with van der Waals surface area (Å²) in [5.41, 5.74) is 3.42. The van der Waals surface area contributed by atoms with E-state index in [9.17, 15) is 9.59 Å². The van der Waals surface area contributed by atoms with E-state index in [1.807, 2.05) is 46.2 Å². The molecule has 2 heterocycles. The van der Waals surface area contributed by atoms with Gasteiger partial charge in [-0.05, 0) is 60.2 Å². The van der Waals surface area contributed by atoms with Crippen molar-refractivity contribution >= 4 is 75.4 Å². The van der Waals surface area contributed by atoms with Crippen molar-refractivity contribution in [2.45, 2.75) is 50.9 Å². The van der Waals surface area contributed by atoms with Gasteiger partial charge >= 0.3 is 0 Å². The van der Waals surface area contributed by atoms with E-state index in [-0.39, 0.29) is 43.2 Å². The molecule has 46 heavy (non-hydrogen) atoms. The number of nitrogens with zero attached hydrogens (tertiary/aromatic N) is 2. The van der Waals surface area contributed by atoms with Crippen molar-refractivity contribution in [1.29, 1.82) is 0 Å². The predicted octanol–water partition coefficient (Wildman–Crippen LogP) is 7.95. The number of hydrogen-bond acceptors (Lipinski definition) is 5. The monoisotopic (exact) mass is 721 g/mol. The van der Waals surface area contributed by atoms with Gasteiger partial charge in [0.15, 0.2) is 0 Å². The van der Waals surface area contributed by atoms with Crippen molar-refractivity contribution in [3.63, 3.8) is 0 Å². The topological polar surface area (TPSA) is 71.1 Å². The van der Waals surface area contributed by atoms with Crippen LogP contribution in [0.4, 0.5) is 0 Å². The Balaban J connectivity index is 1.23. The van der Waals surface area contributed by atoms with Crippen molar-refractivity contribution in [2.24, 2.45) is 0 Å². The zero-order valence-corrected chi connectivity index (χ0v) is 28.8. The van der Waals surface area contributed by atoms with Gasteiger partial charge in [0.2, 0.25) is 5.91 Å². The quantitative estimate of drug-likeness (QED) is 0.170. The Morgan fingerprint density at radius 3 is 2.33 bits per heavy atom. The van der Waals surface area contributed by atoms with Crippen LogP contribution >= 0.6 is 58.0 Å². The largest absolute Gasteiger partial charge is 0.490 e. The zero-order valence-electron chi connectivity index (χ0n) is 25.0. The first-order chi connectivity index (χ1) is 22.1. The molecule has 2 bridgehead atoms. The van der Waals surface area contributed by atoms with Gasteiger partial charge in [-0.2, -0.15) is 0 Å². The molecule has 0 radical (unpaired) electrons. The summed E-state index contributed by atoms with van der Waals surface area (Å²) in [4.78, 5) is 30.7. The Morgan fingerprint density at radius 1 is 0.891 bits per heavy atom. The van der Waals surface area contributed by atoms with Crippen LogP contribution in [0.25, 0.3) is 5.57 Å². The van der Waals surface area contributed by atoms with Gasteiger partial charge in [-0.1, -0.05) is 82.3 Å². The summed E-state index contributed by atoms with van der Waals surface area (Å²) >= 11 is 31.1. The summed E-state index contributed by atoms with van der Waals surface area (Å²) in [5, 5.41) is 5.62. The van der Waals surface area contributed by atoms with Crippen LogP contribution in [0.3, 0.4) is 0 Å². The summed E-state index contributed by atoms with van der Waals surface area (Å²) in [6, 6.07) is 16.2. The van der Waals surface area contributed by atoms with Gasteiger partial charge in [0.05, 0.1) is 31.2 Å². The van der Waals surface area contributed by atoms with Gasteiger partial charge < -0.3 is 24.6 Å². The molecule has 0 aromatic heterocycles. The molecule has 1 saturated heterocycles. The Morgan fingerprint density at radius 2 is 1.61 bits per heavy atom. The Hall–Kier alpha value is -2.65. The van der Waals surface area contributed by atoms with Crippen molar-refractivity contribution in [1.82, 2.24) is 15.1 Å². The average Bonchev–Trinajstić information content (AvgIpc) is 3.87. The van der Waals surface area contributed by atoms with Crippen LogP contribution in [0, 0.1) is 0 Å². The lowest BCUT2D eigenvalue weighted by molar-refractivity contribution is -0.132. The van der Waals surface area contributed by atoms with Gasteiger partial charge in [-0.3, -0.25) is 9.59 Å². The fourth-order valence-corrected chi connectivity index (χ4v) is 7.04. The van der Waals surface area contributed by atoms with Crippen LogP contribution < -0.4 is 14.8 Å². The molecule has 1 aliphatic carbocycles. The first kappa shape index (κ1) is 33.3. The molecule has 2 unspecified atom stereocenters. The number of nitrogens with one attached hydrogen (secondary N) is 1. The molecule has 1 N–H and O–H groups in total. The molecule has 12 heteroatoms. The number of hydrogen-bond donors (Lipinski definition) is 1. The van der Waals surface area contributed by atoms with Gasteiger partial charge in [-0.25, -0.2) is 0 Å². The standard InChI is InChI=1S/C34H32Cl5N3O4/c1-19(43)41-17-22-13-25(20-5-9-24(10-6-20)45-11-12-46-31-15-28(37)27(36)14-29(31)38)32(30(18-41)40-22)34(44)42(23-7-8-23)16-21-3-2-4-26(35)33(21)39/h2-6,9-10,14-15,22-23,30,40H,7-8,11-13,16-18H2,1H3. The lowest BCUT2D eigenvalue weighted by atomic mass is 9.82. The van der Waals surface area contributed by atoms with Crippen molar-refractivity contribution in [2.75, 3.05) is 26.3 Å². The number of ether oxygens (including phenoxy) is 2. The van der Waals surface area contributed by atoms with Crippen LogP contribution in [0.15, 0.2) is 60.2 Å². The highest BCUT2D eigenvalue weighted by atomic mass is 35.5. The fraction of sp³-hybridized carbons (Fsp3) is 0.353. The zero-order chi connectivity index (χ0) is 32.5. The van der Waals surface area contributed by atoms with E-state index in [2.05, 4.69) is 5.32 Å². The highest BCUT2D eigenvalue weighted by Crippen LogP contribution is 2.39. The summed E-state index contributed by atoms with van der Waals surface area (Å²) < 4.78 is 11.6. The molecule has 2 aliphatic heterocycles. The third kappa shape index (κ3) is 7.40. The van der Waals surface area contributed by atoms with Crippen molar-refractivity contribution in [3.8, 4) is 11.5 Å². The Bertz CT molecular complexity index is 1680. The normalized spacial score (nSPS) is 19.2. The minimum absolute atomic E-state index is 0.00317. The first-order valence-corrected chi connectivity index (χ1v) is 17.0. The molecule has 7 nitrogen and oxygen atoms in total. The van der Waals surface area contributed by atoms with Crippen LogP contribution in [0.5, 0.6) is 11.5 Å². The third-order valence-corrected chi connectivity index (χ3v) is 10.4. The van der Waals surface area contributed by atoms with Crippen molar-refractivity contribution < 1.29 is 19.1 Å². The number of amides is 2.